The Hall–Kier alpha value is -2.04. The van der Waals surface area contributed by atoms with Crippen molar-refractivity contribution < 1.29 is 14.3 Å². The number of carbonyl (C=O) groups is 1. The quantitative estimate of drug-likeness (QED) is 0.693. The van der Waals surface area contributed by atoms with Gasteiger partial charge in [-0.3, -0.25) is 0 Å². The number of benzene rings is 2. The number of nitrogens with one attached hydrogen (secondary N) is 1. The summed E-state index contributed by atoms with van der Waals surface area (Å²) in [7, 11) is 1.35. The van der Waals surface area contributed by atoms with E-state index >= 15 is 0 Å². The van der Waals surface area contributed by atoms with E-state index in [2.05, 4.69) is 41.2 Å². The first kappa shape index (κ1) is 21.0. The number of ether oxygens (including phenoxy) is 2. The van der Waals surface area contributed by atoms with E-state index < -0.39 is 0 Å². The number of halogens is 1. The molecule has 0 spiro atoms. The lowest BCUT2D eigenvalue weighted by atomic mass is 10.1. The van der Waals surface area contributed by atoms with Crippen molar-refractivity contribution in [2.45, 2.75) is 25.8 Å². The molecule has 0 saturated carbocycles. The van der Waals surface area contributed by atoms with Crippen LogP contribution < -0.4 is 10.1 Å². The van der Waals surface area contributed by atoms with Crippen molar-refractivity contribution in [2.75, 3.05) is 20.3 Å². The SMILES string of the molecule is COC(=O)COc1ccc(CC(C)NCCc2ccccc2)cc1.Cl. The molecule has 1 unspecified atom stereocenters. The molecule has 4 nitrogen and oxygen atoms in total. The van der Waals surface area contributed by atoms with Crippen LogP contribution in [0, 0.1) is 0 Å². The fourth-order valence-electron chi connectivity index (χ4n) is 2.46. The second-order valence-corrected chi connectivity index (χ2v) is 5.80. The van der Waals surface area contributed by atoms with Gasteiger partial charge in [0.1, 0.15) is 5.75 Å². The zero-order valence-corrected chi connectivity index (χ0v) is 15.6. The van der Waals surface area contributed by atoms with E-state index in [0.717, 1.165) is 19.4 Å². The summed E-state index contributed by atoms with van der Waals surface area (Å²) in [4.78, 5) is 11.0. The summed E-state index contributed by atoms with van der Waals surface area (Å²) in [5.41, 5.74) is 2.59. The van der Waals surface area contributed by atoms with Gasteiger partial charge in [-0.25, -0.2) is 4.79 Å². The minimum absolute atomic E-state index is 0. The predicted octanol–water partition coefficient (Wildman–Crippen LogP) is 3.42. The molecule has 1 atom stereocenters. The largest absolute Gasteiger partial charge is 0.482 e. The molecule has 2 aromatic rings. The van der Waals surface area contributed by atoms with Crippen LogP contribution in [0.2, 0.25) is 0 Å². The molecule has 2 aromatic carbocycles. The van der Waals surface area contributed by atoms with Gasteiger partial charge in [-0.05, 0) is 49.6 Å². The summed E-state index contributed by atoms with van der Waals surface area (Å²) in [5, 5.41) is 3.55. The predicted molar refractivity (Wildman–Crippen MR) is 103 cm³/mol. The molecule has 0 amide bonds. The number of methoxy groups -OCH3 is 1. The summed E-state index contributed by atoms with van der Waals surface area (Å²) in [6.45, 7) is 3.09. The Morgan fingerprint density at radius 3 is 2.36 bits per heavy atom. The molecule has 0 aliphatic rings. The second kappa shape index (κ2) is 11.5. The number of carbonyl (C=O) groups excluding carboxylic acids is 1. The molecular weight excluding hydrogens is 338 g/mol. The Balaban J connectivity index is 0.00000312. The lowest BCUT2D eigenvalue weighted by molar-refractivity contribution is -0.142. The fourth-order valence-corrected chi connectivity index (χ4v) is 2.46. The van der Waals surface area contributed by atoms with Crippen LogP contribution in [-0.2, 0) is 22.4 Å². The van der Waals surface area contributed by atoms with E-state index in [1.54, 1.807) is 0 Å². The van der Waals surface area contributed by atoms with E-state index in [1.165, 1.54) is 18.2 Å². The summed E-state index contributed by atoms with van der Waals surface area (Å²) < 4.78 is 9.89. The highest BCUT2D eigenvalue weighted by Gasteiger charge is 2.05. The minimum atomic E-state index is -0.379. The maximum absolute atomic E-state index is 11.0. The normalized spacial score (nSPS) is 11.3. The Morgan fingerprint density at radius 1 is 1.04 bits per heavy atom. The third kappa shape index (κ3) is 8.05. The standard InChI is InChI=1S/C20H25NO3.ClH/c1-16(21-13-12-17-6-4-3-5-7-17)14-18-8-10-19(11-9-18)24-15-20(22)23-2;/h3-11,16,21H,12-15H2,1-2H3;1H. The molecule has 0 radical (unpaired) electrons. The molecule has 1 N–H and O–H groups in total. The molecule has 0 heterocycles. The van der Waals surface area contributed by atoms with Gasteiger partial charge in [0.2, 0.25) is 0 Å². The second-order valence-electron chi connectivity index (χ2n) is 5.80. The Morgan fingerprint density at radius 2 is 1.72 bits per heavy atom. The first-order valence-corrected chi connectivity index (χ1v) is 8.23. The van der Waals surface area contributed by atoms with E-state index in [-0.39, 0.29) is 25.0 Å². The van der Waals surface area contributed by atoms with Gasteiger partial charge >= 0.3 is 5.97 Å². The summed E-state index contributed by atoms with van der Waals surface area (Å²) >= 11 is 0. The number of rotatable bonds is 9. The molecule has 0 bridgehead atoms. The van der Waals surface area contributed by atoms with Gasteiger partial charge in [0.25, 0.3) is 0 Å². The molecule has 0 aliphatic heterocycles. The molecule has 25 heavy (non-hydrogen) atoms. The Labute approximate surface area is 155 Å². The highest BCUT2D eigenvalue weighted by molar-refractivity contribution is 5.85. The molecule has 0 aliphatic carbocycles. The van der Waals surface area contributed by atoms with Crippen molar-refractivity contribution in [3.8, 4) is 5.75 Å². The Kier molecular flexibility index (Phi) is 9.66. The first-order valence-electron chi connectivity index (χ1n) is 8.23. The van der Waals surface area contributed by atoms with Gasteiger partial charge < -0.3 is 14.8 Å². The summed E-state index contributed by atoms with van der Waals surface area (Å²) in [6, 6.07) is 18.7. The van der Waals surface area contributed by atoms with Crippen LogP contribution in [0.4, 0.5) is 0 Å². The first-order chi connectivity index (χ1) is 11.7. The highest BCUT2D eigenvalue weighted by Crippen LogP contribution is 2.13. The van der Waals surface area contributed by atoms with Crippen LogP contribution >= 0.6 is 12.4 Å². The molecule has 0 aromatic heterocycles. The summed E-state index contributed by atoms with van der Waals surface area (Å²) in [6.07, 6.45) is 1.98. The number of hydrogen-bond donors (Lipinski definition) is 1. The molecule has 5 heteroatoms. The van der Waals surface area contributed by atoms with Crippen LogP contribution in [0.3, 0.4) is 0 Å². The Bertz CT molecular complexity index is 617. The smallest absolute Gasteiger partial charge is 0.343 e. The summed E-state index contributed by atoms with van der Waals surface area (Å²) in [5.74, 6) is 0.296. The van der Waals surface area contributed by atoms with Gasteiger partial charge in [0.15, 0.2) is 6.61 Å². The minimum Gasteiger partial charge on any atom is -0.482 e. The molecule has 0 fully saturated rings. The van der Waals surface area contributed by atoms with Crippen LogP contribution in [-0.4, -0.2) is 32.3 Å². The number of esters is 1. The fraction of sp³-hybridized carbons (Fsp3) is 0.350. The molecule has 2 rings (SSSR count). The van der Waals surface area contributed by atoms with E-state index in [9.17, 15) is 4.79 Å². The van der Waals surface area contributed by atoms with Crippen LogP contribution in [0.5, 0.6) is 5.75 Å². The van der Waals surface area contributed by atoms with Gasteiger partial charge in [0, 0.05) is 6.04 Å². The monoisotopic (exact) mass is 363 g/mol. The van der Waals surface area contributed by atoms with Crippen molar-refractivity contribution in [2.24, 2.45) is 0 Å². The molecule has 136 valence electrons. The average molecular weight is 364 g/mol. The van der Waals surface area contributed by atoms with Crippen molar-refractivity contribution in [3.05, 3.63) is 65.7 Å². The lowest BCUT2D eigenvalue weighted by Crippen LogP contribution is -2.29. The maximum Gasteiger partial charge on any atom is 0.343 e. The number of hydrogen-bond acceptors (Lipinski definition) is 4. The average Bonchev–Trinajstić information content (AvgIpc) is 2.61. The van der Waals surface area contributed by atoms with Gasteiger partial charge in [-0.1, -0.05) is 42.5 Å². The maximum atomic E-state index is 11.0. The third-order valence-corrected chi connectivity index (χ3v) is 3.80. The zero-order valence-electron chi connectivity index (χ0n) is 14.7. The zero-order chi connectivity index (χ0) is 17.2. The van der Waals surface area contributed by atoms with E-state index in [4.69, 9.17) is 4.74 Å². The molecule has 0 saturated heterocycles. The topological polar surface area (TPSA) is 47.6 Å². The van der Waals surface area contributed by atoms with Crippen LogP contribution in [0.1, 0.15) is 18.1 Å². The van der Waals surface area contributed by atoms with Gasteiger partial charge in [-0.2, -0.15) is 0 Å². The van der Waals surface area contributed by atoms with Crippen molar-refractivity contribution >= 4 is 18.4 Å². The van der Waals surface area contributed by atoms with Crippen molar-refractivity contribution in [1.29, 1.82) is 0 Å². The van der Waals surface area contributed by atoms with E-state index in [0.29, 0.717) is 11.8 Å². The van der Waals surface area contributed by atoms with Gasteiger partial charge in [-0.15, -0.1) is 12.4 Å². The third-order valence-electron chi connectivity index (χ3n) is 3.80. The van der Waals surface area contributed by atoms with Crippen LogP contribution in [0.15, 0.2) is 54.6 Å². The molecular formula is C20H26ClNO3. The van der Waals surface area contributed by atoms with E-state index in [1.807, 2.05) is 30.3 Å². The van der Waals surface area contributed by atoms with Gasteiger partial charge in [0.05, 0.1) is 7.11 Å². The lowest BCUT2D eigenvalue weighted by Gasteiger charge is -2.14. The van der Waals surface area contributed by atoms with Crippen LogP contribution in [0.25, 0.3) is 0 Å². The van der Waals surface area contributed by atoms with Crippen molar-refractivity contribution in [3.63, 3.8) is 0 Å². The van der Waals surface area contributed by atoms with Crippen molar-refractivity contribution in [1.82, 2.24) is 5.32 Å². The highest BCUT2D eigenvalue weighted by atomic mass is 35.5.